The quantitative estimate of drug-likeness (QED) is 0.430. The van der Waals surface area contributed by atoms with Crippen LogP contribution < -0.4 is 16.2 Å². The van der Waals surface area contributed by atoms with Crippen LogP contribution >= 0.6 is 11.8 Å². The number of ether oxygens (including phenoxy) is 1. The first-order valence-corrected chi connectivity index (χ1v) is 8.36. The molecule has 6 nitrogen and oxygen atoms in total. The van der Waals surface area contributed by atoms with Gasteiger partial charge < -0.3 is 16.2 Å². The molecule has 0 saturated heterocycles. The predicted octanol–water partition coefficient (Wildman–Crippen LogP) is 2.71. The number of rotatable bonds is 4. The van der Waals surface area contributed by atoms with Crippen LogP contribution in [0.2, 0.25) is 0 Å². The number of aromatic nitrogens is 2. The number of nitrogen functional groups attached to an aromatic ring is 1. The van der Waals surface area contributed by atoms with E-state index in [4.69, 9.17) is 16.2 Å². The summed E-state index contributed by atoms with van der Waals surface area (Å²) in [6.07, 6.45) is 1.90. The predicted molar refractivity (Wildman–Crippen MR) is 96.2 cm³/mol. The van der Waals surface area contributed by atoms with Gasteiger partial charge in [-0.25, -0.2) is 9.97 Å². The molecule has 2 aromatic carbocycles. The second-order valence-corrected chi connectivity index (χ2v) is 5.85. The maximum absolute atomic E-state index is 11.6. The van der Waals surface area contributed by atoms with Gasteiger partial charge >= 0.3 is 0 Å². The van der Waals surface area contributed by atoms with Crippen molar-refractivity contribution in [2.45, 2.75) is 5.16 Å². The van der Waals surface area contributed by atoms with E-state index in [9.17, 15) is 4.79 Å². The first-order valence-electron chi connectivity index (χ1n) is 7.13. The summed E-state index contributed by atoms with van der Waals surface area (Å²) in [4.78, 5) is 20.7. The van der Waals surface area contributed by atoms with Crippen LogP contribution in [0.5, 0.6) is 5.75 Å². The van der Waals surface area contributed by atoms with E-state index < -0.39 is 5.91 Å². The highest BCUT2D eigenvalue weighted by Gasteiger charge is 2.17. The van der Waals surface area contributed by atoms with Gasteiger partial charge in [0.05, 0.1) is 35.0 Å². The van der Waals surface area contributed by atoms with Gasteiger partial charge in [-0.1, -0.05) is 23.9 Å². The lowest BCUT2D eigenvalue weighted by Crippen LogP contribution is -2.14. The molecule has 0 fully saturated rings. The molecule has 3 rings (SSSR count). The lowest BCUT2D eigenvalue weighted by atomic mass is 10.0. The molecule has 0 unspecified atom stereocenters. The molecule has 0 radical (unpaired) electrons. The van der Waals surface area contributed by atoms with Gasteiger partial charge in [0.25, 0.3) is 5.91 Å². The normalized spacial score (nSPS) is 10.8. The van der Waals surface area contributed by atoms with E-state index in [-0.39, 0.29) is 11.3 Å². The Morgan fingerprint density at radius 1 is 1.21 bits per heavy atom. The average Bonchev–Trinajstić information content (AvgIpc) is 2.60. The molecule has 0 atom stereocenters. The maximum atomic E-state index is 11.6. The zero-order valence-corrected chi connectivity index (χ0v) is 14.1. The summed E-state index contributed by atoms with van der Waals surface area (Å²) in [6, 6.07) is 10.8. The number of hydrogen-bond acceptors (Lipinski definition) is 6. The molecule has 0 aliphatic heterocycles. The standard InChI is InChI=1S/C17H16N4O2S/c1-23-10-5-3-4-9(8-10)15-13-12(20-17(21-15)24-2)7-6-11(14(13)18)16(19)22/h3-8H,18H2,1-2H3,(H2,19,22). The van der Waals surface area contributed by atoms with Crippen molar-refractivity contribution in [3.63, 3.8) is 0 Å². The van der Waals surface area contributed by atoms with Gasteiger partial charge in [0.2, 0.25) is 0 Å². The van der Waals surface area contributed by atoms with Gasteiger partial charge in [0.1, 0.15) is 5.75 Å². The highest BCUT2D eigenvalue weighted by Crippen LogP contribution is 2.34. The van der Waals surface area contributed by atoms with Crippen molar-refractivity contribution < 1.29 is 9.53 Å². The van der Waals surface area contributed by atoms with E-state index in [0.29, 0.717) is 27.5 Å². The number of thioether (sulfide) groups is 1. The first-order chi connectivity index (χ1) is 11.5. The first kappa shape index (κ1) is 16.1. The summed E-state index contributed by atoms with van der Waals surface area (Å²) >= 11 is 1.43. The van der Waals surface area contributed by atoms with Gasteiger partial charge in [-0.15, -0.1) is 0 Å². The number of nitrogens with two attached hydrogens (primary N) is 2. The minimum Gasteiger partial charge on any atom is -0.497 e. The molecule has 0 aliphatic carbocycles. The van der Waals surface area contributed by atoms with E-state index in [0.717, 1.165) is 5.56 Å². The van der Waals surface area contributed by atoms with Crippen LogP contribution in [0.15, 0.2) is 41.6 Å². The number of carbonyl (C=O) groups excluding carboxylic acids is 1. The van der Waals surface area contributed by atoms with Crippen LogP contribution in [0.4, 0.5) is 5.69 Å². The van der Waals surface area contributed by atoms with Crippen molar-refractivity contribution in [2.24, 2.45) is 5.73 Å². The number of carbonyl (C=O) groups is 1. The van der Waals surface area contributed by atoms with Gasteiger partial charge in [0, 0.05) is 5.56 Å². The van der Waals surface area contributed by atoms with Crippen LogP contribution in [0.3, 0.4) is 0 Å². The average molecular weight is 340 g/mol. The second-order valence-electron chi connectivity index (χ2n) is 5.08. The van der Waals surface area contributed by atoms with Crippen LogP contribution in [-0.4, -0.2) is 29.2 Å². The number of nitrogens with zero attached hydrogens (tertiary/aromatic N) is 2. The van der Waals surface area contributed by atoms with Gasteiger partial charge in [-0.3, -0.25) is 4.79 Å². The van der Waals surface area contributed by atoms with Gasteiger partial charge in [-0.05, 0) is 30.5 Å². The Balaban J connectivity index is 2.39. The number of methoxy groups -OCH3 is 1. The largest absolute Gasteiger partial charge is 0.497 e. The molecule has 0 saturated carbocycles. The zero-order chi connectivity index (χ0) is 17.3. The van der Waals surface area contributed by atoms with Gasteiger partial charge in [0.15, 0.2) is 5.16 Å². The molecule has 122 valence electrons. The SMILES string of the molecule is COc1cccc(-c2nc(SC)nc3ccc(C(N)=O)c(N)c23)c1. The molecular formula is C17H16N4O2S. The highest BCUT2D eigenvalue weighted by atomic mass is 32.2. The summed E-state index contributed by atoms with van der Waals surface area (Å²) in [6.45, 7) is 0. The van der Waals surface area contributed by atoms with Crippen molar-refractivity contribution in [1.29, 1.82) is 0 Å². The molecule has 1 aromatic heterocycles. The van der Waals surface area contributed by atoms with Gasteiger partial charge in [-0.2, -0.15) is 0 Å². The topological polar surface area (TPSA) is 104 Å². The fourth-order valence-corrected chi connectivity index (χ4v) is 2.89. The third kappa shape index (κ3) is 2.74. The third-order valence-electron chi connectivity index (χ3n) is 3.68. The lowest BCUT2D eigenvalue weighted by Gasteiger charge is -2.12. The number of benzene rings is 2. The summed E-state index contributed by atoms with van der Waals surface area (Å²) < 4.78 is 5.28. The summed E-state index contributed by atoms with van der Waals surface area (Å²) in [5.41, 5.74) is 14.3. The molecule has 0 bridgehead atoms. The Bertz CT molecular complexity index is 943. The molecule has 4 N–H and O–H groups in total. The summed E-state index contributed by atoms with van der Waals surface area (Å²) in [7, 11) is 1.60. The maximum Gasteiger partial charge on any atom is 0.250 e. The van der Waals surface area contributed by atoms with E-state index >= 15 is 0 Å². The minimum atomic E-state index is -0.583. The van der Waals surface area contributed by atoms with Crippen molar-refractivity contribution in [3.05, 3.63) is 42.0 Å². The third-order valence-corrected chi connectivity index (χ3v) is 4.22. The Labute approximate surface area is 143 Å². The molecule has 3 aromatic rings. The molecule has 0 spiro atoms. The van der Waals surface area contributed by atoms with Crippen LogP contribution in [0.1, 0.15) is 10.4 Å². The van der Waals surface area contributed by atoms with Crippen molar-refractivity contribution in [1.82, 2.24) is 9.97 Å². The van der Waals surface area contributed by atoms with E-state index in [1.54, 1.807) is 19.2 Å². The summed E-state index contributed by atoms with van der Waals surface area (Å²) in [5.74, 6) is 0.120. The molecular weight excluding hydrogens is 324 g/mol. The van der Waals surface area contributed by atoms with Crippen LogP contribution in [-0.2, 0) is 0 Å². The molecule has 0 aliphatic rings. The lowest BCUT2D eigenvalue weighted by molar-refractivity contribution is 0.100. The number of primary amides is 1. The monoisotopic (exact) mass is 340 g/mol. The zero-order valence-electron chi connectivity index (χ0n) is 13.2. The molecule has 1 heterocycles. The molecule has 1 amide bonds. The smallest absolute Gasteiger partial charge is 0.250 e. The van der Waals surface area contributed by atoms with Crippen molar-refractivity contribution in [2.75, 3.05) is 19.1 Å². The number of anilines is 1. The van der Waals surface area contributed by atoms with E-state index in [1.807, 2.05) is 30.5 Å². The fourth-order valence-electron chi connectivity index (χ4n) is 2.52. The Morgan fingerprint density at radius 2 is 2.00 bits per heavy atom. The Kier molecular flexibility index (Phi) is 4.26. The van der Waals surface area contributed by atoms with Crippen molar-refractivity contribution >= 4 is 34.3 Å². The van der Waals surface area contributed by atoms with Crippen LogP contribution in [0, 0.1) is 0 Å². The highest BCUT2D eigenvalue weighted by molar-refractivity contribution is 7.98. The number of hydrogen-bond donors (Lipinski definition) is 2. The second kappa shape index (κ2) is 6.37. The minimum absolute atomic E-state index is 0.257. The number of amides is 1. The van der Waals surface area contributed by atoms with Crippen molar-refractivity contribution in [3.8, 4) is 17.0 Å². The van der Waals surface area contributed by atoms with Crippen LogP contribution in [0.25, 0.3) is 22.2 Å². The Morgan fingerprint density at radius 3 is 2.67 bits per heavy atom. The molecule has 24 heavy (non-hydrogen) atoms. The number of fused-ring (bicyclic) bond motifs is 1. The molecule has 7 heteroatoms. The fraction of sp³-hybridized carbons (Fsp3) is 0.118. The summed E-state index contributed by atoms with van der Waals surface area (Å²) in [5, 5.41) is 1.23. The van der Waals surface area contributed by atoms with E-state index in [2.05, 4.69) is 9.97 Å². The Hall–Kier alpha value is -2.80. The van der Waals surface area contributed by atoms with E-state index in [1.165, 1.54) is 11.8 Å².